The zero-order chi connectivity index (χ0) is 30.1. The van der Waals surface area contributed by atoms with Gasteiger partial charge in [-0.05, 0) is 55.3 Å². The van der Waals surface area contributed by atoms with Gasteiger partial charge in [-0.3, -0.25) is 9.59 Å². The number of nitrogens with zero attached hydrogens (tertiary/aromatic N) is 4. The largest absolute Gasteiger partial charge is 0.493 e. The summed E-state index contributed by atoms with van der Waals surface area (Å²) in [6, 6.07) is 19.8. The second kappa shape index (κ2) is 11.9. The lowest BCUT2D eigenvalue weighted by atomic mass is 9.79. The van der Waals surface area contributed by atoms with Gasteiger partial charge in [0.05, 0.1) is 32.4 Å². The van der Waals surface area contributed by atoms with Crippen molar-refractivity contribution in [2.45, 2.75) is 18.9 Å². The summed E-state index contributed by atoms with van der Waals surface area (Å²) in [6.45, 7) is 2.87. The molecule has 0 atom stereocenters. The van der Waals surface area contributed by atoms with Crippen molar-refractivity contribution in [2.24, 2.45) is 5.92 Å². The third-order valence-corrected chi connectivity index (χ3v) is 8.64. The van der Waals surface area contributed by atoms with Crippen molar-refractivity contribution in [2.75, 3.05) is 59.5 Å². The number of ether oxygens (including phenoxy) is 3. The van der Waals surface area contributed by atoms with Gasteiger partial charge in [0, 0.05) is 62.0 Å². The number of nitrogens with one attached hydrogen (secondary N) is 1. The summed E-state index contributed by atoms with van der Waals surface area (Å²) >= 11 is 0. The molecule has 2 fully saturated rings. The van der Waals surface area contributed by atoms with E-state index in [0.29, 0.717) is 48.7 Å². The van der Waals surface area contributed by atoms with Gasteiger partial charge in [-0.15, -0.1) is 0 Å². The maximum Gasteiger partial charge on any atom is 0.254 e. The molecule has 1 aliphatic carbocycles. The van der Waals surface area contributed by atoms with Gasteiger partial charge in [-0.2, -0.15) is 0 Å². The van der Waals surface area contributed by atoms with Crippen molar-refractivity contribution < 1.29 is 23.8 Å². The van der Waals surface area contributed by atoms with Crippen molar-refractivity contribution in [1.29, 1.82) is 0 Å². The zero-order valence-corrected chi connectivity index (χ0v) is 25.0. The summed E-state index contributed by atoms with van der Waals surface area (Å²) in [6.07, 6.45) is 1.37. The van der Waals surface area contributed by atoms with E-state index in [2.05, 4.69) is 26.9 Å². The van der Waals surface area contributed by atoms with Gasteiger partial charge in [-0.25, -0.2) is 4.98 Å². The number of para-hydroxylation sites is 1. The lowest BCUT2D eigenvalue weighted by Gasteiger charge is -2.36. The number of imidazole rings is 1. The number of aromatic nitrogens is 2. The fraction of sp³-hybridized carbons (Fsp3) is 0.364. The second-order valence-corrected chi connectivity index (χ2v) is 11.0. The van der Waals surface area contributed by atoms with Gasteiger partial charge >= 0.3 is 0 Å². The molecule has 1 aliphatic heterocycles. The molecule has 1 saturated heterocycles. The van der Waals surface area contributed by atoms with Crippen LogP contribution in [0.15, 0.2) is 60.7 Å². The van der Waals surface area contributed by atoms with Crippen LogP contribution in [0.5, 0.6) is 17.2 Å². The first-order valence-electron chi connectivity index (χ1n) is 14.6. The van der Waals surface area contributed by atoms with E-state index in [1.165, 1.54) is 5.69 Å². The van der Waals surface area contributed by atoms with E-state index >= 15 is 0 Å². The molecular formula is C33H37N5O5. The monoisotopic (exact) mass is 583 g/mol. The molecule has 224 valence electrons. The Balaban J connectivity index is 1.35. The number of hydrogen-bond donors (Lipinski definition) is 1. The van der Waals surface area contributed by atoms with Crippen LogP contribution in [0.3, 0.4) is 0 Å². The molecule has 43 heavy (non-hydrogen) atoms. The van der Waals surface area contributed by atoms with E-state index in [0.717, 1.165) is 35.5 Å². The number of amides is 2. The Hall–Kier alpha value is -4.73. The minimum absolute atomic E-state index is 0.00791. The molecule has 0 spiro atoms. The first kappa shape index (κ1) is 28.4. The zero-order valence-electron chi connectivity index (χ0n) is 25.0. The minimum Gasteiger partial charge on any atom is -0.493 e. The van der Waals surface area contributed by atoms with Crippen molar-refractivity contribution in [3.8, 4) is 28.6 Å². The first-order chi connectivity index (χ1) is 20.9. The van der Waals surface area contributed by atoms with Gasteiger partial charge in [0.1, 0.15) is 5.82 Å². The Labute approximate surface area is 251 Å². The topological polar surface area (TPSA) is 98.2 Å². The summed E-state index contributed by atoms with van der Waals surface area (Å²) in [5, 5.41) is 2.77. The maximum atomic E-state index is 13.7. The number of methoxy groups -OCH3 is 3. The predicted molar refractivity (Wildman–Crippen MR) is 165 cm³/mol. The number of hydrogen-bond acceptors (Lipinski definition) is 7. The van der Waals surface area contributed by atoms with E-state index < -0.39 is 0 Å². The molecule has 0 bridgehead atoms. The van der Waals surface area contributed by atoms with Crippen LogP contribution in [0.4, 0.5) is 5.69 Å². The van der Waals surface area contributed by atoms with Crippen LogP contribution in [-0.2, 0) is 4.79 Å². The van der Waals surface area contributed by atoms with Gasteiger partial charge in [0.25, 0.3) is 5.91 Å². The number of piperazine rings is 1. The summed E-state index contributed by atoms with van der Waals surface area (Å²) in [4.78, 5) is 35.3. The van der Waals surface area contributed by atoms with Crippen LogP contribution in [0.25, 0.3) is 22.4 Å². The highest BCUT2D eigenvalue weighted by atomic mass is 16.5. The molecule has 4 aromatic rings. The number of anilines is 1. The highest BCUT2D eigenvalue weighted by Crippen LogP contribution is 2.46. The highest BCUT2D eigenvalue weighted by molar-refractivity contribution is 5.98. The molecule has 10 heteroatoms. The van der Waals surface area contributed by atoms with E-state index in [1.807, 2.05) is 53.4 Å². The summed E-state index contributed by atoms with van der Waals surface area (Å²) in [5.41, 5.74) is 4.23. The van der Waals surface area contributed by atoms with E-state index in [4.69, 9.17) is 19.2 Å². The summed E-state index contributed by atoms with van der Waals surface area (Å²) in [5.74, 6) is 2.26. The Morgan fingerprint density at radius 1 is 0.860 bits per heavy atom. The van der Waals surface area contributed by atoms with Crippen LogP contribution >= 0.6 is 0 Å². The van der Waals surface area contributed by atoms with E-state index in [-0.39, 0.29) is 23.8 Å². The quantitative estimate of drug-likeness (QED) is 0.329. The fourth-order valence-corrected chi connectivity index (χ4v) is 6.22. The van der Waals surface area contributed by atoms with Gasteiger partial charge in [0.2, 0.25) is 11.7 Å². The number of fused-ring (bicyclic) bond motifs is 1. The van der Waals surface area contributed by atoms with E-state index in [1.54, 1.807) is 28.4 Å². The molecule has 0 radical (unpaired) electrons. The molecule has 2 amide bonds. The van der Waals surface area contributed by atoms with Gasteiger partial charge < -0.3 is 33.9 Å². The molecule has 10 nitrogen and oxygen atoms in total. The number of benzene rings is 3. The molecular weight excluding hydrogens is 546 g/mol. The smallest absolute Gasteiger partial charge is 0.254 e. The van der Waals surface area contributed by atoms with Crippen LogP contribution in [0, 0.1) is 5.92 Å². The molecule has 0 unspecified atom stereocenters. The lowest BCUT2D eigenvalue weighted by Crippen LogP contribution is -2.48. The summed E-state index contributed by atoms with van der Waals surface area (Å²) < 4.78 is 18.9. The van der Waals surface area contributed by atoms with Crippen molar-refractivity contribution >= 4 is 28.5 Å². The highest BCUT2D eigenvalue weighted by Gasteiger charge is 2.37. The average molecular weight is 584 g/mol. The molecule has 1 saturated carbocycles. The normalized spacial score (nSPS) is 18.2. The molecule has 1 N–H and O–H groups in total. The van der Waals surface area contributed by atoms with Crippen molar-refractivity contribution in [3.63, 3.8) is 0 Å². The van der Waals surface area contributed by atoms with E-state index in [9.17, 15) is 9.59 Å². The SMILES string of the molecule is CNC(=O)C1CC(n2c(-c3cc(OC)c(OC)c(OC)c3)nc3ccc(C(=O)N4CCN(c5ccccc5)CC4)cc32)C1. The fourth-order valence-electron chi connectivity index (χ4n) is 6.22. The maximum absolute atomic E-state index is 13.7. The van der Waals surface area contributed by atoms with Gasteiger partial charge in [0.15, 0.2) is 11.5 Å². The van der Waals surface area contributed by atoms with Crippen LogP contribution in [0.1, 0.15) is 29.2 Å². The standard InChI is InChI=1S/C33H37N5O5/c1-34-32(39)23-16-25(17-23)38-27-18-21(33(40)37-14-12-36(13-15-37)24-8-6-5-7-9-24)10-11-26(27)35-31(38)22-19-28(41-2)30(43-4)29(20-22)42-3/h5-11,18-20,23,25H,12-17H2,1-4H3,(H,34,39). The molecule has 3 aromatic carbocycles. The Bertz CT molecular complexity index is 1610. The Morgan fingerprint density at radius 3 is 2.14 bits per heavy atom. The van der Waals surface area contributed by atoms with Crippen LogP contribution in [0.2, 0.25) is 0 Å². The number of rotatable bonds is 8. The number of carbonyl (C=O) groups is 2. The minimum atomic E-state index is -0.0639. The second-order valence-electron chi connectivity index (χ2n) is 11.0. The van der Waals surface area contributed by atoms with Crippen LogP contribution < -0.4 is 24.4 Å². The lowest BCUT2D eigenvalue weighted by molar-refractivity contribution is -0.128. The number of carbonyl (C=O) groups excluding carboxylic acids is 2. The Morgan fingerprint density at radius 2 is 1.53 bits per heavy atom. The average Bonchev–Trinajstić information content (AvgIpc) is 3.41. The first-order valence-corrected chi connectivity index (χ1v) is 14.6. The van der Waals surface area contributed by atoms with Crippen molar-refractivity contribution in [1.82, 2.24) is 19.8 Å². The van der Waals surface area contributed by atoms with Crippen molar-refractivity contribution in [3.05, 3.63) is 66.2 Å². The third-order valence-electron chi connectivity index (χ3n) is 8.64. The Kier molecular flexibility index (Phi) is 7.84. The van der Waals surface area contributed by atoms with Crippen LogP contribution in [-0.4, -0.2) is 80.8 Å². The molecule has 6 rings (SSSR count). The molecule has 2 heterocycles. The molecule has 2 aliphatic rings. The summed E-state index contributed by atoms with van der Waals surface area (Å²) in [7, 11) is 6.41. The predicted octanol–water partition coefficient (Wildman–Crippen LogP) is 4.39. The molecule has 1 aromatic heterocycles. The van der Waals surface area contributed by atoms with Gasteiger partial charge in [-0.1, -0.05) is 18.2 Å². The third kappa shape index (κ3) is 5.22.